The zero-order valence-electron chi connectivity index (χ0n) is 51.2. The summed E-state index contributed by atoms with van der Waals surface area (Å²) in [6.07, 6.45) is 89.9. The van der Waals surface area contributed by atoms with Crippen LogP contribution < -0.4 is 0 Å². The third kappa shape index (κ3) is 62.9. The average molecular weight is 1080 g/mol. The van der Waals surface area contributed by atoms with E-state index in [9.17, 15) is 14.4 Å². The molecule has 0 spiro atoms. The van der Waals surface area contributed by atoms with Gasteiger partial charge in [0.2, 0.25) is 0 Å². The molecule has 0 heterocycles. The van der Waals surface area contributed by atoms with E-state index in [1.54, 1.807) is 0 Å². The lowest BCUT2D eigenvalue weighted by Crippen LogP contribution is -2.30. The molecule has 0 aromatic heterocycles. The first-order valence-corrected chi connectivity index (χ1v) is 32.9. The van der Waals surface area contributed by atoms with Crippen molar-refractivity contribution in [3.8, 4) is 0 Å². The normalized spacial score (nSPS) is 12.8. The van der Waals surface area contributed by atoms with E-state index in [1.807, 2.05) is 0 Å². The molecule has 0 amide bonds. The first kappa shape index (κ1) is 74.1. The van der Waals surface area contributed by atoms with Gasteiger partial charge in [0.25, 0.3) is 0 Å². The van der Waals surface area contributed by atoms with Crippen molar-refractivity contribution < 1.29 is 28.6 Å². The molecular weight excluding hydrogens is 961 g/mol. The molecule has 0 bridgehead atoms. The predicted molar refractivity (Wildman–Crippen MR) is 339 cm³/mol. The highest BCUT2D eigenvalue weighted by Crippen LogP contribution is 2.16. The summed E-state index contributed by atoms with van der Waals surface area (Å²) < 4.78 is 16.8. The molecule has 446 valence electrons. The first-order valence-electron chi connectivity index (χ1n) is 32.9. The summed E-state index contributed by atoms with van der Waals surface area (Å²) in [6, 6.07) is 0. The number of carbonyl (C=O) groups excluding carboxylic acids is 3. The molecule has 0 aromatic rings. The van der Waals surface area contributed by atoms with Gasteiger partial charge in [-0.2, -0.15) is 0 Å². The Morgan fingerprint density at radius 2 is 0.500 bits per heavy atom. The largest absolute Gasteiger partial charge is 0.462 e. The van der Waals surface area contributed by atoms with Crippen LogP contribution >= 0.6 is 0 Å². The first-order chi connectivity index (χ1) is 38.5. The fraction of sp³-hybridized carbons (Fsp3) is 0.708. The summed E-state index contributed by atoms with van der Waals surface area (Å²) in [5, 5.41) is 0. The Hall–Kier alpha value is -3.93. The van der Waals surface area contributed by atoms with Gasteiger partial charge < -0.3 is 14.2 Å². The van der Waals surface area contributed by atoms with Gasteiger partial charge >= 0.3 is 17.9 Å². The van der Waals surface area contributed by atoms with E-state index >= 15 is 0 Å². The summed E-state index contributed by atoms with van der Waals surface area (Å²) in [4.78, 5) is 38.0. The fourth-order valence-electron chi connectivity index (χ4n) is 9.10. The van der Waals surface area contributed by atoms with Gasteiger partial charge in [0.05, 0.1) is 0 Å². The lowest BCUT2D eigenvalue weighted by Gasteiger charge is -2.18. The molecule has 0 fully saturated rings. The topological polar surface area (TPSA) is 78.9 Å². The summed E-state index contributed by atoms with van der Waals surface area (Å²) in [7, 11) is 0. The Morgan fingerprint density at radius 3 is 0.782 bits per heavy atom. The predicted octanol–water partition coefficient (Wildman–Crippen LogP) is 22.6. The van der Waals surface area contributed by atoms with Crippen molar-refractivity contribution in [2.24, 2.45) is 0 Å². The lowest BCUT2D eigenvalue weighted by molar-refractivity contribution is -0.167. The lowest BCUT2D eigenvalue weighted by atomic mass is 10.0. The molecule has 0 aliphatic heterocycles. The molecule has 6 nitrogen and oxygen atoms in total. The van der Waals surface area contributed by atoms with Crippen molar-refractivity contribution in [2.75, 3.05) is 13.2 Å². The van der Waals surface area contributed by atoms with Crippen molar-refractivity contribution >= 4 is 17.9 Å². The van der Waals surface area contributed by atoms with Crippen LogP contribution in [0.25, 0.3) is 0 Å². The van der Waals surface area contributed by atoms with E-state index in [0.29, 0.717) is 19.3 Å². The molecule has 0 radical (unpaired) electrons. The van der Waals surface area contributed by atoms with Crippen LogP contribution in [0, 0.1) is 0 Å². The second kappa shape index (κ2) is 65.6. The highest BCUT2D eigenvalue weighted by Gasteiger charge is 2.19. The number of esters is 3. The molecule has 0 saturated carbocycles. The number of unbranched alkanes of at least 4 members (excludes halogenated alkanes) is 30. The van der Waals surface area contributed by atoms with Crippen LogP contribution in [-0.2, 0) is 28.6 Å². The minimum atomic E-state index is -0.781. The van der Waals surface area contributed by atoms with Crippen LogP contribution in [0.5, 0.6) is 0 Å². The summed E-state index contributed by atoms with van der Waals surface area (Å²) in [5.41, 5.74) is 0. The van der Waals surface area contributed by atoms with Crippen molar-refractivity contribution in [3.05, 3.63) is 109 Å². The number of allylic oxidation sites excluding steroid dienone is 18. The number of rotatable bonds is 59. The summed E-state index contributed by atoms with van der Waals surface area (Å²) in [5.74, 6) is -0.892. The fourth-order valence-corrected chi connectivity index (χ4v) is 9.10. The molecule has 0 aromatic carbocycles. The van der Waals surface area contributed by atoms with Crippen LogP contribution in [0.3, 0.4) is 0 Å². The standard InChI is InChI=1S/C72H122O6/c1-4-7-10-13-16-18-20-22-24-26-28-30-32-33-34-35-36-37-38-39-41-42-44-46-48-50-52-54-56-59-62-65-71(74)77-68-69(67-76-70(73)64-61-58-15-12-9-6-3)78-72(75)66-63-60-57-55-53-51-49-47-45-43-40-31-29-27-25-23-21-19-17-14-11-8-5-2/h7,10,16,18,21-24,27-30,33-34,36-37,40,43,69H,4-6,8-9,11-15,17,19-20,25-26,31-32,35,38-39,41-42,44-68H2,1-3H3/b10-7-,18-16-,23-21-,24-22-,29-27-,30-28-,34-33-,37-36-,43-40-. The Balaban J connectivity index is 4.09. The number of hydrogen-bond acceptors (Lipinski definition) is 6. The van der Waals surface area contributed by atoms with Crippen LogP contribution in [-0.4, -0.2) is 37.2 Å². The summed E-state index contributed by atoms with van der Waals surface area (Å²) >= 11 is 0. The molecule has 1 atom stereocenters. The zero-order chi connectivity index (χ0) is 56.4. The number of hydrogen-bond donors (Lipinski definition) is 0. The van der Waals surface area contributed by atoms with Gasteiger partial charge in [-0.15, -0.1) is 0 Å². The van der Waals surface area contributed by atoms with Crippen LogP contribution in [0.2, 0.25) is 0 Å². The smallest absolute Gasteiger partial charge is 0.306 e. The van der Waals surface area contributed by atoms with E-state index in [0.717, 1.165) is 116 Å². The number of carbonyl (C=O) groups is 3. The van der Waals surface area contributed by atoms with Crippen molar-refractivity contribution in [2.45, 2.75) is 316 Å². The average Bonchev–Trinajstić information content (AvgIpc) is 3.44. The van der Waals surface area contributed by atoms with Gasteiger partial charge in [0, 0.05) is 19.3 Å². The maximum absolute atomic E-state index is 12.9. The van der Waals surface area contributed by atoms with Crippen LogP contribution in [0.1, 0.15) is 310 Å². The van der Waals surface area contributed by atoms with Crippen molar-refractivity contribution in [1.29, 1.82) is 0 Å². The van der Waals surface area contributed by atoms with Crippen LogP contribution in [0.4, 0.5) is 0 Å². The molecule has 0 aliphatic rings. The molecule has 0 aliphatic carbocycles. The number of ether oxygens (including phenoxy) is 3. The Labute approximate surface area is 482 Å². The molecular formula is C72H122O6. The molecule has 0 N–H and O–H groups in total. The van der Waals surface area contributed by atoms with E-state index in [2.05, 4.69) is 130 Å². The second-order valence-corrected chi connectivity index (χ2v) is 21.6. The Morgan fingerprint density at radius 1 is 0.269 bits per heavy atom. The second-order valence-electron chi connectivity index (χ2n) is 21.6. The Bertz CT molecular complexity index is 1570. The van der Waals surface area contributed by atoms with E-state index < -0.39 is 6.10 Å². The third-order valence-electron chi connectivity index (χ3n) is 14.0. The van der Waals surface area contributed by atoms with Gasteiger partial charge in [-0.1, -0.05) is 291 Å². The molecule has 6 heteroatoms. The highest BCUT2D eigenvalue weighted by molar-refractivity contribution is 5.71. The van der Waals surface area contributed by atoms with Gasteiger partial charge in [-0.25, -0.2) is 0 Å². The molecule has 0 saturated heterocycles. The monoisotopic (exact) mass is 1080 g/mol. The van der Waals surface area contributed by atoms with Gasteiger partial charge in [0.1, 0.15) is 13.2 Å². The summed E-state index contributed by atoms with van der Waals surface area (Å²) in [6.45, 7) is 6.47. The minimum absolute atomic E-state index is 0.0805. The van der Waals surface area contributed by atoms with Gasteiger partial charge in [-0.3, -0.25) is 14.4 Å². The SMILES string of the molecule is CC/C=C\C/C=C\C/C=C\C/C=C\C/C=C\C/C=C\CCCCCCCCCCCCCCC(=O)OCC(COC(=O)CCCCCCCC)OC(=O)CCCCCCCCCC/C=C\C/C=C\C/C=C\CCCCCCC. The third-order valence-corrected chi connectivity index (χ3v) is 14.0. The van der Waals surface area contributed by atoms with Gasteiger partial charge in [-0.05, 0) is 109 Å². The maximum Gasteiger partial charge on any atom is 0.306 e. The molecule has 78 heavy (non-hydrogen) atoms. The quantitative estimate of drug-likeness (QED) is 0.0261. The molecule has 0 rings (SSSR count). The Kier molecular flexibility index (Phi) is 62.3. The van der Waals surface area contributed by atoms with Crippen molar-refractivity contribution in [3.63, 3.8) is 0 Å². The highest BCUT2D eigenvalue weighted by atomic mass is 16.6. The van der Waals surface area contributed by atoms with Crippen LogP contribution in [0.15, 0.2) is 109 Å². The minimum Gasteiger partial charge on any atom is -0.462 e. The van der Waals surface area contributed by atoms with Crippen molar-refractivity contribution in [1.82, 2.24) is 0 Å². The molecule has 1 unspecified atom stereocenters. The zero-order valence-corrected chi connectivity index (χ0v) is 51.2. The van der Waals surface area contributed by atoms with E-state index in [-0.39, 0.29) is 31.1 Å². The van der Waals surface area contributed by atoms with Gasteiger partial charge in [0.15, 0.2) is 6.10 Å². The van der Waals surface area contributed by atoms with E-state index in [1.165, 1.54) is 154 Å². The maximum atomic E-state index is 12.9. The van der Waals surface area contributed by atoms with E-state index in [4.69, 9.17) is 14.2 Å².